The van der Waals surface area contributed by atoms with Crippen LogP contribution in [0.5, 0.6) is 5.75 Å². The van der Waals surface area contributed by atoms with Gasteiger partial charge in [-0.25, -0.2) is 0 Å². The Morgan fingerprint density at radius 3 is 2.60 bits per heavy atom. The quantitative estimate of drug-likeness (QED) is 0.645. The number of rotatable bonds is 5. The summed E-state index contributed by atoms with van der Waals surface area (Å²) in [6.07, 6.45) is 0.621. The van der Waals surface area contributed by atoms with Gasteiger partial charge >= 0.3 is 0 Å². The van der Waals surface area contributed by atoms with Gasteiger partial charge in [0.1, 0.15) is 5.75 Å². The van der Waals surface area contributed by atoms with E-state index < -0.39 is 0 Å². The van der Waals surface area contributed by atoms with Crippen molar-refractivity contribution in [2.24, 2.45) is 0 Å². The molecule has 2 rings (SSSR count). The van der Waals surface area contributed by atoms with Crippen molar-refractivity contribution < 1.29 is 10.0 Å². The fourth-order valence-electron chi connectivity index (χ4n) is 2.00. The predicted octanol–water partition coefficient (Wildman–Crippen LogP) is 3.47. The van der Waals surface area contributed by atoms with Gasteiger partial charge in [0.15, 0.2) is 0 Å². The number of aryl methyl sites for hydroxylation is 1. The van der Waals surface area contributed by atoms with Crippen LogP contribution in [0.2, 0.25) is 0 Å². The molecule has 0 unspecified atom stereocenters. The van der Waals surface area contributed by atoms with E-state index in [9.17, 15) is 15.2 Å². The van der Waals surface area contributed by atoms with Gasteiger partial charge in [-0.3, -0.25) is 10.1 Å². The second-order valence-corrected chi connectivity index (χ2v) is 4.44. The number of aromatic hydroxyl groups is 1. The first-order valence-electron chi connectivity index (χ1n) is 6.40. The normalized spacial score (nSPS) is 10.2. The molecule has 0 heterocycles. The van der Waals surface area contributed by atoms with E-state index in [1.54, 1.807) is 24.3 Å². The van der Waals surface area contributed by atoms with Crippen molar-refractivity contribution in [1.29, 1.82) is 0 Å². The molecule has 0 saturated carbocycles. The molecule has 5 heteroatoms. The number of nitrogens with one attached hydrogen (secondary N) is 1. The summed E-state index contributed by atoms with van der Waals surface area (Å²) >= 11 is 0. The Hall–Kier alpha value is -2.56. The van der Waals surface area contributed by atoms with E-state index >= 15 is 0 Å². The Morgan fingerprint density at radius 1 is 1.20 bits per heavy atom. The summed E-state index contributed by atoms with van der Waals surface area (Å²) in [6.45, 7) is 2.30. The Kier molecular flexibility index (Phi) is 4.20. The van der Waals surface area contributed by atoms with Crippen molar-refractivity contribution in [3.05, 3.63) is 63.7 Å². The van der Waals surface area contributed by atoms with Crippen LogP contribution >= 0.6 is 0 Å². The third-order valence-corrected chi connectivity index (χ3v) is 3.14. The van der Waals surface area contributed by atoms with E-state index in [0.717, 1.165) is 5.56 Å². The second kappa shape index (κ2) is 6.06. The van der Waals surface area contributed by atoms with E-state index in [-0.39, 0.29) is 16.4 Å². The molecule has 20 heavy (non-hydrogen) atoms. The number of hydrogen-bond donors (Lipinski definition) is 2. The molecule has 0 aliphatic rings. The van der Waals surface area contributed by atoms with Crippen LogP contribution < -0.4 is 5.32 Å². The zero-order chi connectivity index (χ0) is 14.5. The van der Waals surface area contributed by atoms with Crippen molar-refractivity contribution in [2.75, 3.05) is 5.32 Å². The van der Waals surface area contributed by atoms with Gasteiger partial charge in [-0.2, -0.15) is 0 Å². The monoisotopic (exact) mass is 272 g/mol. The Bertz CT molecular complexity index is 626. The van der Waals surface area contributed by atoms with Gasteiger partial charge in [-0.15, -0.1) is 0 Å². The summed E-state index contributed by atoms with van der Waals surface area (Å²) in [5, 5.41) is 23.7. The minimum Gasteiger partial charge on any atom is -0.508 e. The molecule has 2 aromatic carbocycles. The number of anilines is 1. The van der Waals surface area contributed by atoms with Gasteiger partial charge in [-0.05, 0) is 18.6 Å². The van der Waals surface area contributed by atoms with Gasteiger partial charge < -0.3 is 10.4 Å². The van der Waals surface area contributed by atoms with Gasteiger partial charge in [0.05, 0.1) is 4.92 Å². The molecule has 2 aromatic rings. The molecular weight excluding hydrogens is 256 g/mol. The third-order valence-electron chi connectivity index (χ3n) is 3.14. The highest BCUT2D eigenvalue weighted by Crippen LogP contribution is 2.24. The number of benzene rings is 2. The van der Waals surface area contributed by atoms with Crippen molar-refractivity contribution in [3.63, 3.8) is 0 Å². The van der Waals surface area contributed by atoms with Gasteiger partial charge in [-0.1, -0.05) is 31.2 Å². The lowest BCUT2D eigenvalue weighted by Gasteiger charge is -2.09. The lowest BCUT2D eigenvalue weighted by Crippen LogP contribution is -2.01. The van der Waals surface area contributed by atoms with Crippen LogP contribution in [0.3, 0.4) is 0 Å². The van der Waals surface area contributed by atoms with Gasteiger partial charge in [0.25, 0.3) is 5.69 Å². The number of nitro groups is 1. The number of nitro benzene ring substituents is 1. The summed E-state index contributed by atoms with van der Waals surface area (Å²) in [5.74, 6) is 0.208. The molecule has 5 nitrogen and oxygen atoms in total. The van der Waals surface area contributed by atoms with E-state index in [4.69, 9.17) is 0 Å². The molecule has 0 spiro atoms. The first-order chi connectivity index (χ1) is 9.61. The zero-order valence-corrected chi connectivity index (χ0v) is 11.2. The molecule has 2 N–H and O–H groups in total. The van der Waals surface area contributed by atoms with E-state index in [2.05, 4.69) is 5.32 Å². The average molecular weight is 272 g/mol. The fourth-order valence-corrected chi connectivity index (χ4v) is 2.00. The smallest absolute Gasteiger partial charge is 0.274 e. The molecule has 0 atom stereocenters. The highest BCUT2D eigenvalue weighted by atomic mass is 16.6. The first kappa shape index (κ1) is 13.9. The molecule has 0 amide bonds. The van der Waals surface area contributed by atoms with Crippen molar-refractivity contribution >= 4 is 11.4 Å². The van der Waals surface area contributed by atoms with Crippen molar-refractivity contribution in [2.45, 2.75) is 19.9 Å². The van der Waals surface area contributed by atoms with E-state index in [1.165, 1.54) is 6.07 Å². The molecule has 0 aliphatic heterocycles. The minimum atomic E-state index is -0.371. The van der Waals surface area contributed by atoms with Crippen LogP contribution in [0.1, 0.15) is 18.1 Å². The second-order valence-electron chi connectivity index (χ2n) is 4.44. The topological polar surface area (TPSA) is 75.4 Å². The summed E-state index contributed by atoms with van der Waals surface area (Å²) in [7, 11) is 0. The summed E-state index contributed by atoms with van der Waals surface area (Å²) in [6, 6.07) is 12.1. The van der Waals surface area contributed by atoms with Crippen LogP contribution in [-0.4, -0.2) is 10.0 Å². The first-order valence-corrected chi connectivity index (χ1v) is 6.40. The van der Waals surface area contributed by atoms with Crippen molar-refractivity contribution in [3.8, 4) is 5.75 Å². The lowest BCUT2D eigenvalue weighted by atomic mass is 10.1. The molecular formula is C15H16N2O3. The molecule has 104 valence electrons. The summed E-state index contributed by atoms with van der Waals surface area (Å²) in [4.78, 5) is 10.6. The largest absolute Gasteiger partial charge is 0.508 e. The Labute approximate surface area is 117 Å². The molecule has 0 saturated heterocycles. The minimum absolute atomic E-state index is 0.120. The van der Waals surface area contributed by atoms with Crippen molar-refractivity contribution in [1.82, 2.24) is 0 Å². The number of phenolic OH excluding ortho intramolecular Hbond substituents is 1. The van der Waals surface area contributed by atoms with E-state index in [0.29, 0.717) is 24.2 Å². The maximum absolute atomic E-state index is 11.0. The molecule has 0 radical (unpaired) electrons. The zero-order valence-electron chi connectivity index (χ0n) is 11.2. The van der Waals surface area contributed by atoms with Crippen LogP contribution in [-0.2, 0) is 13.0 Å². The Balaban J connectivity index is 2.16. The molecule has 0 fully saturated rings. The molecule has 0 bridgehead atoms. The summed E-state index contributed by atoms with van der Waals surface area (Å²) in [5.41, 5.74) is 2.24. The number of nitrogens with zero attached hydrogens (tertiary/aromatic N) is 1. The fraction of sp³-hybridized carbons (Fsp3) is 0.200. The molecule has 0 aromatic heterocycles. The number of para-hydroxylation sites is 1. The predicted molar refractivity (Wildman–Crippen MR) is 77.9 cm³/mol. The van der Waals surface area contributed by atoms with Crippen LogP contribution in [0.25, 0.3) is 0 Å². The molecule has 0 aliphatic carbocycles. The third kappa shape index (κ3) is 3.06. The van der Waals surface area contributed by atoms with Crippen LogP contribution in [0.4, 0.5) is 11.4 Å². The van der Waals surface area contributed by atoms with Crippen LogP contribution in [0.15, 0.2) is 42.5 Å². The number of hydrogen-bond acceptors (Lipinski definition) is 4. The maximum Gasteiger partial charge on any atom is 0.274 e. The summed E-state index contributed by atoms with van der Waals surface area (Å²) < 4.78 is 0. The van der Waals surface area contributed by atoms with Gasteiger partial charge in [0, 0.05) is 29.4 Å². The Morgan fingerprint density at radius 2 is 1.95 bits per heavy atom. The van der Waals surface area contributed by atoms with Gasteiger partial charge in [0.2, 0.25) is 0 Å². The number of phenols is 1. The maximum atomic E-state index is 11.0. The standard InChI is InChI=1S/C15H16N2O3/c1-2-11-7-8-13(9-14(11)17(19)20)16-10-12-5-3-4-6-15(12)18/h3-9,16,18H,2,10H2,1H3. The highest BCUT2D eigenvalue weighted by molar-refractivity contribution is 5.55. The highest BCUT2D eigenvalue weighted by Gasteiger charge is 2.13. The lowest BCUT2D eigenvalue weighted by molar-refractivity contribution is -0.385. The SMILES string of the molecule is CCc1ccc(NCc2ccccc2O)cc1[N+](=O)[O-]. The average Bonchev–Trinajstić information content (AvgIpc) is 2.46. The van der Waals surface area contributed by atoms with E-state index in [1.807, 2.05) is 19.1 Å². The van der Waals surface area contributed by atoms with Crippen LogP contribution in [0, 0.1) is 10.1 Å².